The lowest BCUT2D eigenvalue weighted by molar-refractivity contribution is 0.342. The van der Waals surface area contributed by atoms with Gasteiger partial charge in [0.2, 0.25) is 5.65 Å². The maximum absolute atomic E-state index is 4.39. The molecule has 20 heavy (non-hydrogen) atoms. The maximum Gasteiger partial charge on any atom is 0.203 e. The van der Waals surface area contributed by atoms with Crippen molar-refractivity contribution < 1.29 is 0 Å². The van der Waals surface area contributed by atoms with Gasteiger partial charge in [-0.3, -0.25) is 4.40 Å². The van der Waals surface area contributed by atoms with Crippen LogP contribution in [0, 0.1) is 12.3 Å². The number of anilines is 1. The zero-order valence-corrected chi connectivity index (χ0v) is 13.0. The van der Waals surface area contributed by atoms with Gasteiger partial charge in [-0.15, -0.1) is 10.2 Å². The predicted molar refractivity (Wildman–Crippen MR) is 81.9 cm³/mol. The lowest BCUT2D eigenvalue weighted by atomic mass is 9.87. The molecule has 2 rings (SSSR count). The first-order chi connectivity index (χ1) is 9.53. The van der Waals surface area contributed by atoms with E-state index in [0.29, 0.717) is 0 Å². The van der Waals surface area contributed by atoms with E-state index in [4.69, 9.17) is 0 Å². The van der Waals surface area contributed by atoms with Crippen LogP contribution in [-0.4, -0.2) is 26.1 Å². The second-order valence-corrected chi connectivity index (χ2v) is 6.19. The minimum atomic E-state index is 0.263. The number of rotatable bonds is 7. The van der Waals surface area contributed by atoms with Crippen molar-refractivity contribution in [1.29, 1.82) is 0 Å². The van der Waals surface area contributed by atoms with E-state index in [-0.39, 0.29) is 5.41 Å². The SMILES string of the molecule is CCCCCC(C)(C)CNc1nccn2c(C)nnc12. The smallest absolute Gasteiger partial charge is 0.203 e. The van der Waals surface area contributed by atoms with Gasteiger partial charge in [0.1, 0.15) is 5.82 Å². The van der Waals surface area contributed by atoms with Gasteiger partial charge in [0.25, 0.3) is 0 Å². The van der Waals surface area contributed by atoms with Crippen molar-refractivity contribution in [3.05, 3.63) is 18.2 Å². The Morgan fingerprint density at radius 1 is 1.25 bits per heavy atom. The van der Waals surface area contributed by atoms with E-state index in [1.165, 1.54) is 25.7 Å². The molecule has 2 aromatic rings. The standard InChI is InChI=1S/C15H25N5/c1-5-6-7-8-15(3,4)11-17-13-14-19-18-12(2)20(14)10-9-16-13/h9-10H,5-8,11H2,1-4H3,(H,16,17). The molecule has 0 bridgehead atoms. The number of fused-ring (bicyclic) bond motifs is 1. The van der Waals surface area contributed by atoms with E-state index < -0.39 is 0 Å². The van der Waals surface area contributed by atoms with Crippen LogP contribution in [-0.2, 0) is 0 Å². The number of nitrogens with zero attached hydrogens (tertiary/aromatic N) is 4. The molecule has 2 aromatic heterocycles. The van der Waals surface area contributed by atoms with Crippen LogP contribution in [0.3, 0.4) is 0 Å². The third-order valence-corrected chi connectivity index (χ3v) is 3.69. The van der Waals surface area contributed by atoms with Crippen molar-refractivity contribution >= 4 is 11.5 Å². The molecule has 0 saturated carbocycles. The summed E-state index contributed by atoms with van der Waals surface area (Å²) < 4.78 is 1.96. The van der Waals surface area contributed by atoms with Crippen LogP contribution in [0.2, 0.25) is 0 Å². The largest absolute Gasteiger partial charge is 0.366 e. The van der Waals surface area contributed by atoms with Crippen LogP contribution in [0.25, 0.3) is 5.65 Å². The van der Waals surface area contributed by atoms with Crippen LogP contribution in [0.5, 0.6) is 0 Å². The Kier molecular flexibility index (Phi) is 4.57. The number of hydrogen-bond acceptors (Lipinski definition) is 4. The summed E-state index contributed by atoms with van der Waals surface area (Å²) in [5.74, 6) is 1.70. The van der Waals surface area contributed by atoms with Gasteiger partial charge in [0.05, 0.1) is 0 Å². The van der Waals surface area contributed by atoms with Crippen molar-refractivity contribution in [2.45, 2.75) is 53.4 Å². The fourth-order valence-corrected chi connectivity index (χ4v) is 2.33. The van der Waals surface area contributed by atoms with Gasteiger partial charge in [-0.2, -0.15) is 0 Å². The Morgan fingerprint density at radius 2 is 2.05 bits per heavy atom. The van der Waals surface area contributed by atoms with Crippen molar-refractivity contribution in [1.82, 2.24) is 19.6 Å². The molecular formula is C15H25N5. The topological polar surface area (TPSA) is 55.1 Å². The van der Waals surface area contributed by atoms with E-state index in [1.807, 2.05) is 17.5 Å². The van der Waals surface area contributed by atoms with E-state index in [1.54, 1.807) is 6.20 Å². The summed E-state index contributed by atoms with van der Waals surface area (Å²) in [6.07, 6.45) is 8.76. The van der Waals surface area contributed by atoms with E-state index in [9.17, 15) is 0 Å². The molecule has 110 valence electrons. The second-order valence-electron chi connectivity index (χ2n) is 6.19. The van der Waals surface area contributed by atoms with Crippen molar-refractivity contribution in [2.24, 2.45) is 5.41 Å². The van der Waals surface area contributed by atoms with Gasteiger partial charge < -0.3 is 5.32 Å². The molecule has 0 fully saturated rings. The molecule has 5 heteroatoms. The average Bonchev–Trinajstić information content (AvgIpc) is 2.79. The first kappa shape index (κ1) is 14.8. The summed E-state index contributed by atoms with van der Waals surface area (Å²) in [5.41, 5.74) is 1.06. The molecule has 0 radical (unpaired) electrons. The Morgan fingerprint density at radius 3 is 2.80 bits per heavy atom. The van der Waals surface area contributed by atoms with E-state index in [0.717, 1.165) is 23.8 Å². The highest BCUT2D eigenvalue weighted by Crippen LogP contribution is 2.24. The molecule has 0 saturated heterocycles. The van der Waals surface area contributed by atoms with Crippen molar-refractivity contribution in [3.63, 3.8) is 0 Å². The molecule has 5 nitrogen and oxygen atoms in total. The van der Waals surface area contributed by atoms with Crippen LogP contribution in [0.4, 0.5) is 5.82 Å². The first-order valence-corrected chi connectivity index (χ1v) is 7.44. The fourth-order valence-electron chi connectivity index (χ4n) is 2.33. The van der Waals surface area contributed by atoms with Crippen LogP contribution >= 0.6 is 0 Å². The van der Waals surface area contributed by atoms with Crippen LogP contribution < -0.4 is 5.32 Å². The minimum Gasteiger partial charge on any atom is -0.366 e. The molecule has 0 unspecified atom stereocenters. The van der Waals surface area contributed by atoms with Gasteiger partial charge in [-0.25, -0.2) is 4.98 Å². The molecule has 0 amide bonds. The summed E-state index contributed by atoms with van der Waals surface area (Å²) in [4.78, 5) is 4.39. The molecule has 0 aliphatic rings. The summed E-state index contributed by atoms with van der Waals surface area (Å²) in [5, 5.41) is 11.7. The summed E-state index contributed by atoms with van der Waals surface area (Å²) in [7, 11) is 0. The number of aryl methyl sites for hydroxylation is 1. The molecule has 0 aliphatic heterocycles. The zero-order chi connectivity index (χ0) is 14.6. The molecule has 1 N–H and O–H groups in total. The summed E-state index contributed by atoms with van der Waals surface area (Å²) in [6, 6.07) is 0. The maximum atomic E-state index is 4.39. The molecular weight excluding hydrogens is 250 g/mol. The van der Waals surface area contributed by atoms with Crippen LogP contribution in [0.15, 0.2) is 12.4 Å². The van der Waals surface area contributed by atoms with Gasteiger partial charge in [-0.05, 0) is 18.8 Å². The molecule has 2 heterocycles. The minimum absolute atomic E-state index is 0.263. The average molecular weight is 275 g/mol. The zero-order valence-electron chi connectivity index (χ0n) is 13.0. The highest BCUT2D eigenvalue weighted by molar-refractivity contribution is 5.61. The van der Waals surface area contributed by atoms with Gasteiger partial charge in [-0.1, -0.05) is 40.0 Å². The Hall–Kier alpha value is -1.65. The van der Waals surface area contributed by atoms with Crippen molar-refractivity contribution in [3.8, 4) is 0 Å². The second kappa shape index (κ2) is 6.20. The van der Waals surface area contributed by atoms with Crippen LogP contribution in [0.1, 0.15) is 52.3 Å². The van der Waals surface area contributed by atoms with E-state index >= 15 is 0 Å². The Balaban J connectivity index is 2.02. The normalized spacial score (nSPS) is 12.0. The summed E-state index contributed by atoms with van der Waals surface area (Å²) >= 11 is 0. The third-order valence-electron chi connectivity index (χ3n) is 3.69. The van der Waals surface area contributed by atoms with E-state index in [2.05, 4.69) is 41.3 Å². The molecule has 0 atom stereocenters. The monoisotopic (exact) mass is 275 g/mol. The highest BCUT2D eigenvalue weighted by Gasteiger charge is 2.18. The lowest BCUT2D eigenvalue weighted by Crippen LogP contribution is -2.23. The predicted octanol–water partition coefficient (Wildman–Crippen LogP) is 3.45. The lowest BCUT2D eigenvalue weighted by Gasteiger charge is -2.25. The highest BCUT2D eigenvalue weighted by atomic mass is 15.3. The number of unbranched alkanes of at least 4 members (excludes halogenated alkanes) is 2. The van der Waals surface area contributed by atoms with Gasteiger partial charge >= 0.3 is 0 Å². The molecule has 0 aliphatic carbocycles. The first-order valence-electron chi connectivity index (χ1n) is 7.44. The van der Waals surface area contributed by atoms with Crippen molar-refractivity contribution in [2.75, 3.05) is 11.9 Å². The summed E-state index contributed by atoms with van der Waals surface area (Å²) in [6.45, 7) is 9.67. The Bertz CT molecular complexity index is 558. The molecule has 0 aromatic carbocycles. The number of nitrogens with one attached hydrogen (secondary N) is 1. The number of aromatic nitrogens is 4. The fraction of sp³-hybridized carbons (Fsp3) is 0.667. The Labute approximate surface area is 120 Å². The number of hydrogen-bond donors (Lipinski definition) is 1. The third kappa shape index (κ3) is 3.46. The van der Waals surface area contributed by atoms with Gasteiger partial charge in [0, 0.05) is 18.9 Å². The molecule has 0 spiro atoms. The van der Waals surface area contributed by atoms with Gasteiger partial charge in [0.15, 0.2) is 5.82 Å². The quantitative estimate of drug-likeness (QED) is 0.786.